The molecular weight excluding hydrogens is 869 g/mol. The molecule has 2 aromatic heterocycles. The quantitative estimate of drug-likeness (QED) is 0.128. The topological polar surface area (TPSA) is 25.8 Å². The third-order valence-corrected chi connectivity index (χ3v) is 12.1. The summed E-state index contributed by atoms with van der Waals surface area (Å²) >= 11 is 0. The van der Waals surface area contributed by atoms with E-state index in [1.807, 2.05) is 18.5 Å². The Bertz CT molecular complexity index is 2750. The number of hydrogen-bond acceptors (Lipinski definition) is 2. The normalized spacial score (nSPS) is 13.2. The number of rotatable bonds is 2. The number of fused-ring (bicyclic) bond motifs is 5. The van der Waals surface area contributed by atoms with Gasteiger partial charge in [0.2, 0.25) is 0 Å². The molecule has 0 unspecified atom stereocenters. The van der Waals surface area contributed by atoms with Gasteiger partial charge in [0.05, 0.1) is 0 Å². The van der Waals surface area contributed by atoms with Crippen molar-refractivity contribution in [3.05, 3.63) is 166 Å². The molecule has 0 saturated heterocycles. The van der Waals surface area contributed by atoms with Crippen LogP contribution in [0.25, 0.3) is 66.0 Å². The minimum absolute atomic E-state index is 0. The zero-order valence-corrected chi connectivity index (χ0v) is 36.8. The van der Waals surface area contributed by atoms with Crippen molar-refractivity contribution >= 4 is 32.3 Å². The van der Waals surface area contributed by atoms with Crippen molar-refractivity contribution in [3.8, 4) is 33.6 Å². The van der Waals surface area contributed by atoms with Crippen LogP contribution in [0.4, 0.5) is 0 Å². The van der Waals surface area contributed by atoms with Crippen LogP contribution < -0.4 is 0 Å². The van der Waals surface area contributed by atoms with Crippen molar-refractivity contribution in [1.82, 2.24) is 9.97 Å². The summed E-state index contributed by atoms with van der Waals surface area (Å²) in [5.74, 6) is 0. The van der Waals surface area contributed by atoms with Crippen LogP contribution in [0, 0.1) is 26.0 Å². The van der Waals surface area contributed by atoms with E-state index < -0.39 is 0 Å². The molecular formula is C54H50IrN2-2. The number of hydrogen-bond donors (Lipinski definition) is 0. The summed E-state index contributed by atoms with van der Waals surface area (Å²) in [6.45, 7) is 17.8. The van der Waals surface area contributed by atoms with E-state index in [4.69, 9.17) is 4.98 Å². The number of benzene rings is 6. The van der Waals surface area contributed by atoms with Crippen molar-refractivity contribution in [2.45, 2.75) is 91.9 Å². The van der Waals surface area contributed by atoms with Gasteiger partial charge in [-0.1, -0.05) is 119 Å². The Morgan fingerprint density at radius 1 is 0.526 bits per heavy atom. The Balaban J connectivity index is 0.000000186. The van der Waals surface area contributed by atoms with Crippen LogP contribution >= 0.6 is 0 Å². The van der Waals surface area contributed by atoms with Crippen molar-refractivity contribution in [1.29, 1.82) is 0 Å². The molecule has 8 aromatic rings. The summed E-state index contributed by atoms with van der Waals surface area (Å²) in [6.07, 6.45) is 8.26. The number of pyridine rings is 2. The first-order chi connectivity index (χ1) is 26.8. The van der Waals surface area contributed by atoms with Crippen LogP contribution in [0.15, 0.2) is 109 Å². The van der Waals surface area contributed by atoms with Gasteiger partial charge >= 0.3 is 0 Å². The van der Waals surface area contributed by atoms with Crippen LogP contribution in [-0.4, -0.2) is 9.97 Å². The van der Waals surface area contributed by atoms with Gasteiger partial charge in [0.1, 0.15) is 0 Å². The predicted octanol–water partition coefficient (Wildman–Crippen LogP) is 13.6. The van der Waals surface area contributed by atoms with Crippen LogP contribution in [0.3, 0.4) is 0 Å². The fourth-order valence-corrected chi connectivity index (χ4v) is 9.07. The molecule has 0 atom stereocenters. The van der Waals surface area contributed by atoms with Crippen molar-refractivity contribution < 1.29 is 20.1 Å². The first-order valence-corrected chi connectivity index (χ1v) is 20.2. The molecule has 287 valence electrons. The first kappa shape index (κ1) is 38.9. The Hall–Kier alpha value is -4.95. The van der Waals surface area contributed by atoms with Gasteiger partial charge in [0, 0.05) is 32.5 Å². The average molecular weight is 919 g/mol. The van der Waals surface area contributed by atoms with E-state index in [1.54, 1.807) is 0 Å². The standard InChI is InChI=1S/C35H26N.C19H24N.Ir/c1-20-16-21(2)27-10-11-28-29(32(27)17-20)12-13-31-30(28)14-15-36-35(31)26-18-24-8-6-22-4-3-5-23-7-9-25(19-26)34(24)33(22)23;1-18(2,3)15-9-7-8-14(12-15)17-13-16(10-11-20-17)19(4,5)6;/h3-5,10-18H,6-9H2,1-2H3;7,9-13H,1-6H3;/q2*-1;. The van der Waals surface area contributed by atoms with Gasteiger partial charge in [-0.3, -0.25) is 0 Å². The molecule has 3 heteroatoms. The monoisotopic (exact) mass is 919 g/mol. The molecule has 0 N–H and O–H groups in total. The Morgan fingerprint density at radius 3 is 1.91 bits per heavy atom. The Labute approximate surface area is 352 Å². The van der Waals surface area contributed by atoms with Gasteiger partial charge in [-0.05, 0) is 128 Å². The van der Waals surface area contributed by atoms with E-state index >= 15 is 0 Å². The molecule has 0 bridgehead atoms. The zero-order valence-electron chi connectivity index (χ0n) is 34.4. The summed E-state index contributed by atoms with van der Waals surface area (Å²) in [7, 11) is 0. The second-order valence-corrected chi connectivity index (χ2v) is 18.1. The number of nitrogens with zero attached hydrogens (tertiary/aromatic N) is 2. The largest absolute Gasteiger partial charge is 0.305 e. The summed E-state index contributed by atoms with van der Waals surface area (Å²) in [5.41, 5.74) is 18.6. The van der Waals surface area contributed by atoms with E-state index in [0.29, 0.717) is 0 Å². The van der Waals surface area contributed by atoms with Crippen molar-refractivity contribution in [3.63, 3.8) is 0 Å². The van der Waals surface area contributed by atoms with E-state index in [9.17, 15) is 0 Å². The van der Waals surface area contributed by atoms with Gasteiger partial charge in [-0.15, -0.1) is 64.2 Å². The van der Waals surface area contributed by atoms with Gasteiger partial charge in [0.15, 0.2) is 0 Å². The van der Waals surface area contributed by atoms with E-state index in [0.717, 1.165) is 48.2 Å². The fraction of sp³-hybridized carbons (Fsp3) is 0.259. The molecule has 0 fully saturated rings. The molecule has 1 radical (unpaired) electrons. The Kier molecular flexibility index (Phi) is 10.1. The maximum atomic E-state index is 4.93. The molecule has 2 nitrogen and oxygen atoms in total. The van der Waals surface area contributed by atoms with Crippen molar-refractivity contribution in [2.75, 3.05) is 0 Å². The van der Waals surface area contributed by atoms with Crippen LogP contribution in [0.5, 0.6) is 0 Å². The SMILES string of the molecule is CC(C)(C)c1cc[c-]c(-c2cc(C(C)(C)C)ccn2)c1.Cc1cc(C)c2ccc3c4ccnc(-c5[c-]c6c7c(c5)CCc5cccc(c5-7)CC6)c4ccc3c2c1.[Ir]. The van der Waals surface area contributed by atoms with Crippen molar-refractivity contribution in [2.24, 2.45) is 0 Å². The summed E-state index contributed by atoms with van der Waals surface area (Å²) in [4.78, 5) is 9.44. The van der Waals surface area contributed by atoms with E-state index in [-0.39, 0.29) is 30.9 Å². The first-order valence-electron chi connectivity index (χ1n) is 20.2. The van der Waals surface area contributed by atoms with Crippen LogP contribution in [0.1, 0.15) is 86.1 Å². The van der Waals surface area contributed by atoms with E-state index in [2.05, 4.69) is 164 Å². The molecule has 2 heterocycles. The molecule has 0 amide bonds. The number of aryl methyl sites for hydroxylation is 6. The zero-order chi connectivity index (χ0) is 38.9. The summed E-state index contributed by atoms with van der Waals surface area (Å²) in [6, 6.07) is 43.0. The second kappa shape index (κ2) is 14.8. The van der Waals surface area contributed by atoms with Crippen LogP contribution in [-0.2, 0) is 56.6 Å². The third-order valence-electron chi connectivity index (χ3n) is 12.1. The smallest absolute Gasteiger partial charge is 0.0167 e. The molecule has 0 aliphatic heterocycles. The minimum Gasteiger partial charge on any atom is -0.305 e. The molecule has 2 aliphatic rings. The minimum atomic E-state index is 0. The van der Waals surface area contributed by atoms with Gasteiger partial charge < -0.3 is 9.97 Å². The van der Waals surface area contributed by atoms with Crippen LogP contribution in [0.2, 0.25) is 0 Å². The van der Waals surface area contributed by atoms with Gasteiger partial charge in [-0.25, -0.2) is 0 Å². The maximum Gasteiger partial charge on any atom is 0.0167 e. The molecule has 10 rings (SSSR count). The van der Waals surface area contributed by atoms with Gasteiger partial charge in [0.25, 0.3) is 0 Å². The molecule has 57 heavy (non-hydrogen) atoms. The third kappa shape index (κ3) is 7.15. The average Bonchev–Trinajstić information content (AvgIpc) is 3.19. The molecule has 0 spiro atoms. The maximum absolute atomic E-state index is 4.93. The molecule has 2 aliphatic carbocycles. The second-order valence-electron chi connectivity index (χ2n) is 18.1. The Morgan fingerprint density at radius 2 is 1.16 bits per heavy atom. The predicted molar refractivity (Wildman–Crippen MR) is 237 cm³/mol. The molecule has 6 aromatic carbocycles. The fourth-order valence-electron chi connectivity index (χ4n) is 9.07. The van der Waals surface area contributed by atoms with E-state index in [1.165, 1.54) is 88.0 Å². The van der Waals surface area contributed by atoms with Gasteiger partial charge in [-0.2, -0.15) is 0 Å². The molecule has 0 saturated carbocycles. The summed E-state index contributed by atoms with van der Waals surface area (Å²) < 4.78 is 0. The summed E-state index contributed by atoms with van der Waals surface area (Å²) in [5, 5.41) is 7.77. The number of aromatic nitrogens is 2.